The van der Waals surface area contributed by atoms with Crippen LogP contribution in [0.2, 0.25) is 0 Å². The molecule has 0 N–H and O–H groups in total. The summed E-state index contributed by atoms with van der Waals surface area (Å²) in [6.07, 6.45) is 0.729. The van der Waals surface area contributed by atoms with Gasteiger partial charge in [0.05, 0.1) is 33.0 Å². The molecule has 218 valence electrons. The predicted molar refractivity (Wildman–Crippen MR) is 156 cm³/mol. The summed E-state index contributed by atoms with van der Waals surface area (Å²) in [5.74, 6) is -1.23. The van der Waals surface area contributed by atoms with Crippen molar-refractivity contribution in [2.75, 3.05) is 13.2 Å². The van der Waals surface area contributed by atoms with Crippen molar-refractivity contribution >= 4 is 5.97 Å². The van der Waals surface area contributed by atoms with Crippen molar-refractivity contribution in [2.24, 2.45) is 0 Å². The molecule has 0 aliphatic carbocycles. The summed E-state index contributed by atoms with van der Waals surface area (Å²) >= 11 is 0. The first kappa shape index (κ1) is 30.6. The molecular weight excluding hydrogens is 520 g/mol. The number of esters is 1. The van der Waals surface area contributed by atoms with Crippen LogP contribution in [-0.4, -0.2) is 49.4 Å². The van der Waals surface area contributed by atoms with Gasteiger partial charge in [0.15, 0.2) is 5.79 Å². The second-order valence-corrected chi connectivity index (χ2v) is 10.3. The quantitative estimate of drug-likeness (QED) is 0.166. The molecule has 1 saturated heterocycles. The topological polar surface area (TPSA) is 72.5 Å². The largest absolute Gasteiger partial charge is 0.463 e. The van der Waals surface area contributed by atoms with Gasteiger partial charge in [-0.3, -0.25) is 0 Å². The van der Waals surface area contributed by atoms with Crippen LogP contribution in [0.3, 0.4) is 0 Å². The zero-order valence-electron chi connectivity index (χ0n) is 24.0. The lowest BCUT2D eigenvalue weighted by molar-refractivity contribution is -0.195. The van der Waals surface area contributed by atoms with Gasteiger partial charge in [-0.25, -0.2) is 4.79 Å². The minimum Gasteiger partial charge on any atom is -0.463 e. The van der Waals surface area contributed by atoms with Gasteiger partial charge in [0.1, 0.15) is 24.4 Å². The molecule has 3 aromatic carbocycles. The number of carbonyl (C=O) groups is 1. The van der Waals surface area contributed by atoms with Gasteiger partial charge in [0.2, 0.25) is 0 Å². The van der Waals surface area contributed by atoms with Crippen LogP contribution in [0.25, 0.3) is 0 Å². The second kappa shape index (κ2) is 15.6. The van der Waals surface area contributed by atoms with E-state index in [9.17, 15) is 4.79 Å². The van der Waals surface area contributed by atoms with Gasteiger partial charge in [0.25, 0.3) is 0 Å². The summed E-state index contributed by atoms with van der Waals surface area (Å²) in [7, 11) is 0. The maximum atomic E-state index is 12.4. The van der Waals surface area contributed by atoms with Crippen molar-refractivity contribution in [3.63, 3.8) is 0 Å². The lowest BCUT2D eigenvalue weighted by Gasteiger charge is -2.35. The molecule has 4 rings (SSSR count). The molecule has 0 radical (unpaired) electrons. The molecule has 0 spiro atoms. The van der Waals surface area contributed by atoms with E-state index in [1.54, 1.807) is 13.0 Å². The van der Waals surface area contributed by atoms with E-state index in [4.69, 9.17) is 28.4 Å². The predicted octanol–water partition coefficient (Wildman–Crippen LogP) is 6.01. The van der Waals surface area contributed by atoms with Crippen LogP contribution in [-0.2, 0) is 53.0 Å². The first-order valence-corrected chi connectivity index (χ1v) is 14.1. The Bertz CT molecular complexity index is 1200. The van der Waals surface area contributed by atoms with Crippen molar-refractivity contribution in [3.8, 4) is 0 Å². The highest BCUT2D eigenvalue weighted by molar-refractivity contribution is 5.81. The third-order valence-electron chi connectivity index (χ3n) is 6.61. The zero-order chi connectivity index (χ0) is 28.9. The molecule has 7 heteroatoms. The van der Waals surface area contributed by atoms with Gasteiger partial charge in [-0.2, -0.15) is 0 Å². The van der Waals surface area contributed by atoms with Crippen LogP contribution >= 0.6 is 0 Å². The smallest absolute Gasteiger partial charge is 0.330 e. The third-order valence-corrected chi connectivity index (χ3v) is 6.61. The second-order valence-electron chi connectivity index (χ2n) is 10.3. The molecule has 1 fully saturated rings. The van der Waals surface area contributed by atoms with Crippen LogP contribution in [0.1, 0.15) is 37.5 Å². The Morgan fingerprint density at radius 1 is 0.829 bits per heavy atom. The van der Waals surface area contributed by atoms with E-state index in [1.807, 2.05) is 105 Å². The fraction of sp³-hybridized carbons (Fsp3) is 0.382. The first-order chi connectivity index (χ1) is 19.9. The number of rotatable bonds is 15. The van der Waals surface area contributed by atoms with Gasteiger partial charge in [-0.15, -0.1) is 0 Å². The van der Waals surface area contributed by atoms with Gasteiger partial charge in [-0.05, 0) is 43.5 Å². The molecule has 0 amide bonds. The van der Waals surface area contributed by atoms with E-state index in [2.05, 4.69) is 0 Å². The molecule has 1 aliphatic rings. The van der Waals surface area contributed by atoms with Crippen molar-refractivity contribution < 1.29 is 33.2 Å². The third kappa shape index (κ3) is 9.92. The minimum absolute atomic E-state index is 0.276. The first-order valence-electron chi connectivity index (χ1n) is 14.1. The molecule has 4 atom stereocenters. The van der Waals surface area contributed by atoms with E-state index in [0.717, 1.165) is 16.7 Å². The molecule has 3 aromatic rings. The van der Waals surface area contributed by atoms with E-state index >= 15 is 0 Å². The normalized spacial score (nSPS) is 18.7. The SMILES string of the molecule is CCOC(=O)/C=C/[C@H](OCc1ccccc1)[C@@H](OCc1ccccc1)[C@H](OCc1ccccc1)[C@H]1COC(C)(C)O1. The van der Waals surface area contributed by atoms with E-state index < -0.39 is 36.2 Å². The van der Waals surface area contributed by atoms with Crippen LogP contribution in [0.5, 0.6) is 0 Å². The van der Waals surface area contributed by atoms with Gasteiger partial charge >= 0.3 is 5.97 Å². The summed E-state index contributed by atoms with van der Waals surface area (Å²) in [6.45, 7) is 7.09. The summed E-state index contributed by atoms with van der Waals surface area (Å²) < 4.78 is 37.1. The Balaban J connectivity index is 1.67. The average molecular weight is 561 g/mol. The molecule has 0 bridgehead atoms. The monoisotopic (exact) mass is 560 g/mol. The lowest BCUT2D eigenvalue weighted by Crippen LogP contribution is -2.49. The van der Waals surface area contributed by atoms with Crippen molar-refractivity contribution in [1.29, 1.82) is 0 Å². The van der Waals surface area contributed by atoms with E-state index in [0.29, 0.717) is 26.4 Å². The molecule has 0 saturated carbocycles. The highest BCUT2D eigenvalue weighted by Gasteiger charge is 2.44. The standard InChI is InChI=1S/C34H40O7/c1-4-36-31(35)21-20-29(37-22-26-14-8-5-9-15-26)32(38-23-27-16-10-6-11-17-27)33(30-25-40-34(2,3)41-30)39-24-28-18-12-7-13-19-28/h5-21,29-30,32-33H,4,22-25H2,1-3H3/b21-20+/t29-,30+,32+,33+/m0/s1. The van der Waals surface area contributed by atoms with E-state index in [-0.39, 0.29) is 6.61 Å². The van der Waals surface area contributed by atoms with E-state index in [1.165, 1.54) is 6.08 Å². The fourth-order valence-electron chi connectivity index (χ4n) is 4.59. The summed E-state index contributed by atoms with van der Waals surface area (Å²) in [4.78, 5) is 12.4. The number of hydrogen-bond donors (Lipinski definition) is 0. The molecule has 41 heavy (non-hydrogen) atoms. The summed E-state index contributed by atoms with van der Waals surface area (Å²) in [5.41, 5.74) is 3.01. The highest BCUT2D eigenvalue weighted by Crippen LogP contribution is 2.30. The Morgan fingerprint density at radius 2 is 1.34 bits per heavy atom. The van der Waals surface area contributed by atoms with Gasteiger partial charge in [0, 0.05) is 6.08 Å². The highest BCUT2D eigenvalue weighted by atomic mass is 16.8. The number of benzene rings is 3. The Kier molecular flexibility index (Phi) is 11.7. The molecular formula is C34H40O7. The average Bonchev–Trinajstić information content (AvgIpc) is 3.36. The Labute approximate surface area is 243 Å². The van der Waals surface area contributed by atoms with Gasteiger partial charge in [-0.1, -0.05) is 91.0 Å². The molecule has 1 heterocycles. The lowest BCUT2D eigenvalue weighted by atomic mass is 10.0. The maximum absolute atomic E-state index is 12.4. The minimum atomic E-state index is -0.774. The Morgan fingerprint density at radius 3 is 1.83 bits per heavy atom. The van der Waals surface area contributed by atoms with Crippen molar-refractivity contribution in [1.82, 2.24) is 0 Å². The Hall–Kier alpha value is -3.33. The van der Waals surface area contributed by atoms with Crippen LogP contribution in [0.4, 0.5) is 0 Å². The molecule has 0 aromatic heterocycles. The summed E-state index contributed by atoms with van der Waals surface area (Å²) in [6, 6.07) is 29.7. The molecule has 7 nitrogen and oxygen atoms in total. The molecule has 0 unspecified atom stereocenters. The van der Waals surface area contributed by atoms with Crippen LogP contribution < -0.4 is 0 Å². The van der Waals surface area contributed by atoms with Crippen molar-refractivity contribution in [3.05, 3.63) is 120 Å². The fourth-order valence-corrected chi connectivity index (χ4v) is 4.59. The summed E-state index contributed by atoms with van der Waals surface area (Å²) in [5, 5.41) is 0. The van der Waals surface area contributed by atoms with Crippen molar-refractivity contribution in [2.45, 2.75) is 70.8 Å². The maximum Gasteiger partial charge on any atom is 0.330 e. The van der Waals surface area contributed by atoms with Crippen LogP contribution in [0, 0.1) is 0 Å². The number of carbonyl (C=O) groups excluding carboxylic acids is 1. The molecule has 1 aliphatic heterocycles. The van der Waals surface area contributed by atoms with Gasteiger partial charge < -0.3 is 28.4 Å². The van der Waals surface area contributed by atoms with Crippen LogP contribution in [0.15, 0.2) is 103 Å². The number of ether oxygens (including phenoxy) is 6. The number of hydrogen-bond acceptors (Lipinski definition) is 7. The zero-order valence-corrected chi connectivity index (χ0v) is 24.0.